The fraction of sp³-hybridized carbons (Fsp3) is 0.0870. The van der Waals surface area contributed by atoms with Crippen LogP contribution in [0, 0.1) is 0 Å². The number of alkyl halides is 2. The molecule has 0 aliphatic heterocycles. The number of benzene rings is 3. The second kappa shape index (κ2) is 10.6. The molecule has 5 nitrogen and oxygen atoms in total. The molecule has 0 fully saturated rings. The van der Waals surface area contributed by atoms with Crippen LogP contribution in [0.15, 0.2) is 77.3 Å². The van der Waals surface area contributed by atoms with Crippen molar-refractivity contribution < 1.29 is 27.8 Å². The number of anilines is 1. The molecule has 1 amide bonds. The average molecular weight is 490 g/mol. The van der Waals surface area contributed by atoms with Crippen LogP contribution in [0.3, 0.4) is 0 Å². The molecular formula is C23H18BrF2NO4. The molecule has 0 atom stereocenters. The number of methoxy groups -OCH3 is 1. The summed E-state index contributed by atoms with van der Waals surface area (Å²) in [6.07, 6.45) is 2.86. The lowest BCUT2D eigenvalue weighted by atomic mass is 10.2. The van der Waals surface area contributed by atoms with E-state index in [0.29, 0.717) is 22.7 Å². The molecule has 3 aromatic rings. The summed E-state index contributed by atoms with van der Waals surface area (Å²) in [4.78, 5) is 12.2. The monoisotopic (exact) mass is 489 g/mol. The van der Waals surface area contributed by atoms with E-state index in [4.69, 9.17) is 9.47 Å². The Morgan fingerprint density at radius 1 is 0.968 bits per heavy atom. The van der Waals surface area contributed by atoms with E-state index in [2.05, 4.69) is 26.0 Å². The van der Waals surface area contributed by atoms with Crippen LogP contribution < -0.4 is 19.5 Å². The quantitative estimate of drug-likeness (QED) is 0.366. The maximum Gasteiger partial charge on any atom is 0.387 e. The van der Waals surface area contributed by atoms with Crippen LogP contribution in [0.4, 0.5) is 14.5 Å². The summed E-state index contributed by atoms with van der Waals surface area (Å²) >= 11 is 3.37. The van der Waals surface area contributed by atoms with Crippen LogP contribution in [0.5, 0.6) is 23.0 Å². The second-order valence-electron chi connectivity index (χ2n) is 6.19. The Hall–Kier alpha value is -3.39. The highest BCUT2D eigenvalue weighted by molar-refractivity contribution is 9.10. The number of hydrogen-bond donors (Lipinski definition) is 1. The molecule has 0 radical (unpaired) electrons. The minimum atomic E-state index is -2.95. The lowest BCUT2D eigenvalue weighted by Gasteiger charge is -2.10. The molecule has 0 aliphatic rings. The standard InChI is InChI=1S/C23H18BrF2NO4/c1-29-21-14-15(2-12-20(21)31-23(25)26)3-13-22(28)27-17-6-10-19(11-7-17)30-18-8-4-16(24)5-9-18/h2-14,23H,1H3,(H,27,28)/b13-3+. The number of carbonyl (C=O) groups excluding carboxylic acids is 1. The lowest BCUT2D eigenvalue weighted by Crippen LogP contribution is -2.07. The van der Waals surface area contributed by atoms with Gasteiger partial charge < -0.3 is 19.5 Å². The molecule has 0 spiro atoms. The van der Waals surface area contributed by atoms with Crippen molar-refractivity contribution in [3.63, 3.8) is 0 Å². The maximum atomic E-state index is 12.4. The van der Waals surface area contributed by atoms with E-state index in [0.717, 1.165) is 4.47 Å². The van der Waals surface area contributed by atoms with Gasteiger partial charge in [-0.05, 0) is 72.3 Å². The SMILES string of the molecule is COc1cc(/C=C/C(=O)Nc2ccc(Oc3ccc(Br)cc3)cc2)ccc1OC(F)F. The van der Waals surface area contributed by atoms with Crippen molar-refractivity contribution in [1.29, 1.82) is 0 Å². The zero-order valence-electron chi connectivity index (χ0n) is 16.3. The molecule has 0 heterocycles. The third-order valence-electron chi connectivity index (χ3n) is 4.00. The minimum absolute atomic E-state index is 0.0791. The first kappa shape index (κ1) is 22.3. The summed E-state index contributed by atoms with van der Waals surface area (Å²) in [5.41, 5.74) is 1.18. The molecule has 0 aromatic heterocycles. The van der Waals surface area contributed by atoms with E-state index in [-0.39, 0.29) is 17.4 Å². The first-order valence-corrected chi connectivity index (χ1v) is 9.87. The Bertz CT molecular complexity index is 1050. The predicted molar refractivity (Wildman–Crippen MR) is 118 cm³/mol. The topological polar surface area (TPSA) is 56.8 Å². The van der Waals surface area contributed by atoms with E-state index < -0.39 is 6.61 Å². The van der Waals surface area contributed by atoms with Crippen molar-refractivity contribution in [2.45, 2.75) is 6.61 Å². The van der Waals surface area contributed by atoms with E-state index in [1.807, 2.05) is 24.3 Å². The van der Waals surface area contributed by atoms with Crippen LogP contribution >= 0.6 is 15.9 Å². The molecule has 0 saturated heterocycles. The summed E-state index contributed by atoms with van der Waals surface area (Å²) < 4.78 is 40.9. The van der Waals surface area contributed by atoms with Crippen molar-refractivity contribution in [2.24, 2.45) is 0 Å². The predicted octanol–water partition coefficient (Wildman–Crippen LogP) is 6.50. The number of nitrogens with one attached hydrogen (secondary N) is 1. The first-order chi connectivity index (χ1) is 14.9. The average Bonchev–Trinajstić information content (AvgIpc) is 2.75. The van der Waals surface area contributed by atoms with Crippen LogP contribution in [0.2, 0.25) is 0 Å². The van der Waals surface area contributed by atoms with Gasteiger partial charge in [0.2, 0.25) is 5.91 Å². The number of rotatable bonds is 8. The Balaban J connectivity index is 1.58. The Kier molecular flexibility index (Phi) is 7.61. The Morgan fingerprint density at radius 2 is 1.61 bits per heavy atom. The lowest BCUT2D eigenvalue weighted by molar-refractivity contribution is -0.111. The minimum Gasteiger partial charge on any atom is -0.493 e. The maximum absolute atomic E-state index is 12.4. The van der Waals surface area contributed by atoms with Gasteiger partial charge in [0.15, 0.2) is 11.5 Å². The van der Waals surface area contributed by atoms with Crippen molar-refractivity contribution >= 4 is 33.6 Å². The smallest absolute Gasteiger partial charge is 0.387 e. The molecule has 0 unspecified atom stereocenters. The van der Waals surface area contributed by atoms with Gasteiger partial charge in [-0.15, -0.1) is 0 Å². The molecule has 8 heteroatoms. The summed E-state index contributed by atoms with van der Waals surface area (Å²) in [7, 11) is 1.35. The largest absolute Gasteiger partial charge is 0.493 e. The molecule has 1 N–H and O–H groups in total. The fourth-order valence-electron chi connectivity index (χ4n) is 2.58. The number of amides is 1. The van der Waals surface area contributed by atoms with Gasteiger partial charge in [-0.25, -0.2) is 0 Å². The number of halogens is 3. The molecule has 3 rings (SSSR count). The van der Waals surface area contributed by atoms with E-state index in [1.165, 1.54) is 37.5 Å². The summed E-state index contributed by atoms with van der Waals surface area (Å²) in [5.74, 6) is 1.04. The van der Waals surface area contributed by atoms with E-state index >= 15 is 0 Å². The highest BCUT2D eigenvalue weighted by Gasteiger charge is 2.10. The molecule has 0 bridgehead atoms. The van der Waals surface area contributed by atoms with Crippen molar-refractivity contribution in [3.05, 3.63) is 82.8 Å². The van der Waals surface area contributed by atoms with Crippen LogP contribution in [-0.2, 0) is 4.79 Å². The van der Waals surface area contributed by atoms with Crippen molar-refractivity contribution in [2.75, 3.05) is 12.4 Å². The molecule has 0 saturated carbocycles. The van der Waals surface area contributed by atoms with Gasteiger partial charge in [0.25, 0.3) is 0 Å². The summed E-state index contributed by atoms with van der Waals surface area (Å²) in [5, 5.41) is 2.73. The summed E-state index contributed by atoms with van der Waals surface area (Å²) in [6.45, 7) is -2.95. The molecule has 160 valence electrons. The third kappa shape index (κ3) is 6.82. The highest BCUT2D eigenvalue weighted by Crippen LogP contribution is 2.30. The molecular weight excluding hydrogens is 472 g/mol. The third-order valence-corrected chi connectivity index (χ3v) is 4.53. The summed E-state index contributed by atoms with van der Waals surface area (Å²) in [6, 6.07) is 18.8. The second-order valence-corrected chi connectivity index (χ2v) is 7.11. The zero-order valence-corrected chi connectivity index (χ0v) is 17.9. The van der Waals surface area contributed by atoms with Crippen LogP contribution in [0.1, 0.15) is 5.56 Å². The van der Waals surface area contributed by atoms with Gasteiger partial charge in [-0.3, -0.25) is 4.79 Å². The number of ether oxygens (including phenoxy) is 3. The van der Waals surface area contributed by atoms with Crippen LogP contribution in [-0.4, -0.2) is 19.6 Å². The van der Waals surface area contributed by atoms with Gasteiger partial charge in [-0.2, -0.15) is 8.78 Å². The van der Waals surface area contributed by atoms with Crippen LogP contribution in [0.25, 0.3) is 6.08 Å². The van der Waals surface area contributed by atoms with Gasteiger partial charge in [0.1, 0.15) is 11.5 Å². The number of hydrogen-bond acceptors (Lipinski definition) is 4. The van der Waals surface area contributed by atoms with Gasteiger partial charge in [-0.1, -0.05) is 22.0 Å². The van der Waals surface area contributed by atoms with Gasteiger partial charge >= 0.3 is 6.61 Å². The van der Waals surface area contributed by atoms with Gasteiger partial charge in [0.05, 0.1) is 7.11 Å². The van der Waals surface area contributed by atoms with E-state index in [1.54, 1.807) is 24.3 Å². The highest BCUT2D eigenvalue weighted by atomic mass is 79.9. The first-order valence-electron chi connectivity index (χ1n) is 9.08. The number of carbonyl (C=O) groups is 1. The molecule has 0 aliphatic carbocycles. The van der Waals surface area contributed by atoms with Crippen molar-refractivity contribution in [3.8, 4) is 23.0 Å². The fourth-order valence-corrected chi connectivity index (χ4v) is 2.85. The van der Waals surface area contributed by atoms with Gasteiger partial charge in [0, 0.05) is 16.2 Å². The zero-order chi connectivity index (χ0) is 22.2. The normalized spacial score (nSPS) is 10.9. The van der Waals surface area contributed by atoms with Crippen molar-refractivity contribution in [1.82, 2.24) is 0 Å². The molecule has 3 aromatic carbocycles. The Morgan fingerprint density at radius 3 is 2.23 bits per heavy atom. The van der Waals surface area contributed by atoms with E-state index in [9.17, 15) is 13.6 Å². The molecule has 31 heavy (non-hydrogen) atoms. The Labute approximate surface area is 186 Å².